The normalized spacial score (nSPS) is 19.5. The van der Waals surface area contributed by atoms with Gasteiger partial charge in [0.15, 0.2) is 5.89 Å². The van der Waals surface area contributed by atoms with Gasteiger partial charge in [-0.05, 0) is 37.1 Å². The average Bonchev–Trinajstić information content (AvgIpc) is 2.88. The number of benzene rings is 1. The minimum absolute atomic E-state index is 0.418. The van der Waals surface area contributed by atoms with Gasteiger partial charge in [-0.2, -0.15) is 0 Å². The van der Waals surface area contributed by atoms with Crippen molar-refractivity contribution in [1.29, 1.82) is 0 Å². The van der Waals surface area contributed by atoms with Crippen LogP contribution in [-0.4, -0.2) is 18.1 Å². The lowest BCUT2D eigenvalue weighted by Gasteiger charge is -2.19. The molecule has 100 valence electrons. The summed E-state index contributed by atoms with van der Waals surface area (Å²) in [5.74, 6) is 2.19. The molecule has 1 aromatic heterocycles. The molecule has 1 aromatic carbocycles. The first-order valence-electron chi connectivity index (χ1n) is 6.71. The molecule has 1 aliphatic rings. The zero-order valence-corrected chi connectivity index (χ0v) is 11.5. The van der Waals surface area contributed by atoms with Crippen molar-refractivity contribution in [2.24, 2.45) is 0 Å². The Kier molecular flexibility index (Phi) is 3.85. The lowest BCUT2D eigenvalue weighted by molar-refractivity contribution is 0.365. The third-order valence-corrected chi connectivity index (χ3v) is 3.72. The average molecular weight is 277 g/mol. The van der Waals surface area contributed by atoms with E-state index in [1.54, 1.807) is 0 Å². The van der Waals surface area contributed by atoms with Crippen molar-refractivity contribution in [2.45, 2.75) is 25.2 Å². The molecule has 0 aliphatic carbocycles. The van der Waals surface area contributed by atoms with Crippen molar-refractivity contribution in [3.05, 3.63) is 52.7 Å². The number of piperidine rings is 1. The van der Waals surface area contributed by atoms with Crippen molar-refractivity contribution in [3.63, 3.8) is 0 Å². The van der Waals surface area contributed by atoms with Crippen LogP contribution in [0.25, 0.3) is 0 Å². The third kappa shape index (κ3) is 3.17. The fourth-order valence-electron chi connectivity index (χ4n) is 2.50. The highest BCUT2D eigenvalue weighted by molar-refractivity contribution is 6.30. The number of rotatable bonds is 3. The van der Waals surface area contributed by atoms with Gasteiger partial charge in [-0.1, -0.05) is 23.7 Å². The highest BCUT2D eigenvalue weighted by Crippen LogP contribution is 2.24. The van der Waals surface area contributed by atoms with E-state index in [-0.39, 0.29) is 0 Å². The summed E-state index contributed by atoms with van der Waals surface area (Å²) in [6.45, 7) is 2.07. The Bertz CT molecular complexity index is 547. The van der Waals surface area contributed by atoms with Crippen LogP contribution in [-0.2, 0) is 6.42 Å². The van der Waals surface area contributed by atoms with Crippen LogP contribution < -0.4 is 5.32 Å². The van der Waals surface area contributed by atoms with E-state index in [9.17, 15) is 0 Å². The summed E-state index contributed by atoms with van der Waals surface area (Å²) in [4.78, 5) is 4.42. The smallest absolute Gasteiger partial charge is 0.198 e. The van der Waals surface area contributed by atoms with Crippen LogP contribution >= 0.6 is 11.6 Å². The van der Waals surface area contributed by atoms with Gasteiger partial charge in [0.1, 0.15) is 5.76 Å². The van der Waals surface area contributed by atoms with Gasteiger partial charge in [0.2, 0.25) is 0 Å². The molecule has 1 aliphatic heterocycles. The minimum atomic E-state index is 0.418. The first-order valence-corrected chi connectivity index (χ1v) is 7.09. The lowest BCUT2D eigenvalue weighted by Crippen LogP contribution is -2.28. The van der Waals surface area contributed by atoms with E-state index in [1.807, 2.05) is 24.4 Å². The van der Waals surface area contributed by atoms with E-state index >= 15 is 0 Å². The zero-order chi connectivity index (χ0) is 13.1. The Morgan fingerprint density at radius 1 is 1.42 bits per heavy atom. The summed E-state index contributed by atoms with van der Waals surface area (Å²) in [5.41, 5.74) is 1.15. The second-order valence-electron chi connectivity index (χ2n) is 5.01. The van der Waals surface area contributed by atoms with Crippen LogP contribution in [0, 0.1) is 0 Å². The summed E-state index contributed by atoms with van der Waals surface area (Å²) >= 11 is 5.98. The first-order chi connectivity index (χ1) is 9.31. The van der Waals surface area contributed by atoms with Crippen LogP contribution in [0.15, 0.2) is 34.9 Å². The predicted octanol–water partition coefficient (Wildman–Crippen LogP) is 3.39. The van der Waals surface area contributed by atoms with Gasteiger partial charge in [0.05, 0.1) is 6.20 Å². The van der Waals surface area contributed by atoms with E-state index < -0.39 is 0 Å². The number of oxazole rings is 1. The van der Waals surface area contributed by atoms with Gasteiger partial charge in [-0.3, -0.25) is 0 Å². The maximum atomic E-state index is 5.98. The van der Waals surface area contributed by atoms with Gasteiger partial charge in [-0.15, -0.1) is 0 Å². The molecule has 0 radical (unpaired) electrons. The topological polar surface area (TPSA) is 38.1 Å². The van der Waals surface area contributed by atoms with Gasteiger partial charge in [-0.25, -0.2) is 4.98 Å². The van der Waals surface area contributed by atoms with Crippen molar-refractivity contribution in [3.8, 4) is 0 Å². The second kappa shape index (κ2) is 5.76. The molecular formula is C15H17ClN2O. The van der Waals surface area contributed by atoms with Crippen LogP contribution in [0.5, 0.6) is 0 Å². The van der Waals surface area contributed by atoms with Gasteiger partial charge in [0.25, 0.3) is 0 Å². The molecule has 3 rings (SSSR count). The van der Waals surface area contributed by atoms with Crippen molar-refractivity contribution in [2.75, 3.05) is 13.1 Å². The van der Waals surface area contributed by atoms with E-state index in [2.05, 4.69) is 16.4 Å². The highest BCUT2D eigenvalue weighted by atomic mass is 35.5. The van der Waals surface area contributed by atoms with Crippen LogP contribution in [0.1, 0.15) is 36.0 Å². The number of aromatic nitrogens is 1. The summed E-state index contributed by atoms with van der Waals surface area (Å²) < 4.78 is 5.87. The summed E-state index contributed by atoms with van der Waals surface area (Å²) in [6, 6.07) is 7.85. The van der Waals surface area contributed by atoms with Gasteiger partial charge >= 0.3 is 0 Å². The molecule has 0 spiro atoms. The fourth-order valence-corrected chi connectivity index (χ4v) is 2.72. The summed E-state index contributed by atoms with van der Waals surface area (Å²) in [6.07, 6.45) is 4.93. The standard InChI is InChI=1S/C15H17ClN2O/c16-13-5-1-3-11(7-13)8-14-10-18-15(19-14)12-4-2-6-17-9-12/h1,3,5,7,10,12,17H,2,4,6,8-9H2/t12-/m0/s1. The zero-order valence-electron chi connectivity index (χ0n) is 10.7. The quantitative estimate of drug-likeness (QED) is 0.934. The number of hydrogen-bond donors (Lipinski definition) is 1. The Morgan fingerprint density at radius 3 is 3.16 bits per heavy atom. The number of halogens is 1. The molecule has 1 atom stereocenters. The predicted molar refractivity (Wildman–Crippen MR) is 75.6 cm³/mol. The first kappa shape index (κ1) is 12.7. The molecule has 0 saturated carbocycles. The summed E-state index contributed by atoms with van der Waals surface area (Å²) in [7, 11) is 0. The highest BCUT2D eigenvalue weighted by Gasteiger charge is 2.20. The maximum absolute atomic E-state index is 5.98. The number of nitrogens with one attached hydrogen (secondary N) is 1. The molecule has 1 saturated heterocycles. The van der Waals surface area contributed by atoms with E-state index in [0.717, 1.165) is 48.2 Å². The Morgan fingerprint density at radius 2 is 2.37 bits per heavy atom. The molecule has 2 aromatic rings. The second-order valence-corrected chi connectivity index (χ2v) is 5.45. The SMILES string of the molecule is Clc1cccc(Cc2cnc([C@H]3CCCNC3)o2)c1. The lowest BCUT2D eigenvalue weighted by atomic mass is 10.00. The monoisotopic (exact) mass is 276 g/mol. The van der Waals surface area contributed by atoms with Gasteiger partial charge < -0.3 is 9.73 Å². The molecule has 3 nitrogen and oxygen atoms in total. The van der Waals surface area contributed by atoms with E-state index in [0.29, 0.717) is 5.92 Å². The van der Waals surface area contributed by atoms with E-state index in [1.165, 1.54) is 6.42 Å². The Balaban J connectivity index is 1.70. The van der Waals surface area contributed by atoms with Crippen LogP contribution in [0.2, 0.25) is 5.02 Å². The number of hydrogen-bond acceptors (Lipinski definition) is 3. The third-order valence-electron chi connectivity index (χ3n) is 3.48. The van der Waals surface area contributed by atoms with Crippen LogP contribution in [0.3, 0.4) is 0 Å². The summed E-state index contributed by atoms with van der Waals surface area (Å²) in [5, 5.41) is 4.14. The fraction of sp³-hybridized carbons (Fsp3) is 0.400. The molecule has 1 fully saturated rings. The molecule has 0 amide bonds. The largest absolute Gasteiger partial charge is 0.445 e. The minimum Gasteiger partial charge on any atom is -0.445 e. The Labute approximate surface area is 118 Å². The maximum Gasteiger partial charge on any atom is 0.198 e. The molecule has 0 bridgehead atoms. The van der Waals surface area contributed by atoms with Crippen molar-refractivity contribution >= 4 is 11.6 Å². The Hall–Kier alpha value is -1.32. The molecule has 4 heteroatoms. The molecule has 2 heterocycles. The van der Waals surface area contributed by atoms with Crippen molar-refractivity contribution in [1.82, 2.24) is 10.3 Å². The molecule has 0 unspecified atom stereocenters. The molecule has 19 heavy (non-hydrogen) atoms. The number of nitrogens with zero attached hydrogens (tertiary/aromatic N) is 1. The molecular weight excluding hydrogens is 260 g/mol. The van der Waals surface area contributed by atoms with E-state index in [4.69, 9.17) is 16.0 Å². The van der Waals surface area contributed by atoms with Crippen molar-refractivity contribution < 1.29 is 4.42 Å². The molecule has 1 N–H and O–H groups in total. The van der Waals surface area contributed by atoms with Gasteiger partial charge in [0, 0.05) is 23.9 Å². The van der Waals surface area contributed by atoms with Crippen LogP contribution in [0.4, 0.5) is 0 Å².